The second-order valence-electron chi connectivity index (χ2n) is 11.7. The highest BCUT2D eigenvalue weighted by molar-refractivity contribution is 5.77. The van der Waals surface area contributed by atoms with E-state index in [2.05, 4.69) is 134 Å². The Labute approximate surface area is 238 Å². The summed E-state index contributed by atoms with van der Waals surface area (Å²) in [7, 11) is 0. The Kier molecular flexibility index (Phi) is 10.4. The number of benzene rings is 3. The first-order chi connectivity index (χ1) is 18.7. The van der Waals surface area contributed by atoms with Gasteiger partial charge in [0.15, 0.2) is 0 Å². The van der Waals surface area contributed by atoms with Crippen LogP contribution in [-0.4, -0.2) is 0 Å². The number of terminal acetylenes is 1. The highest BCUT2D eigenvalue weighted by Crippen LogP contribution is 2.32. The normalized spacial score (nSPS) is 13.2. The zero-order valence-electron chi connectivity index (χ0n) is 25.0. The van der Waals surface area contributed by atoms with Gasteiger partial charge in [0.05, 0.1) is 0 Å². The van der Waals surface area contributed by atoms with Gasteiger partial charge in [0, 0.05) is 0 Å². The SMILES string of the molecule is C#C.C=C(Cc1cc(C(C)(C)C)cc(C)c1C)c1cccc2c1C=CCC2.CCc1cccc2c1C=CCC2. The van der Waals surface area contributed by atoms with Crippen molar-refractivity contribution < 1.29 is 0 Å². The minimum absolute atomic E-state index is 0.170. The lowest BCUT2D eigenvalue weighted by Gasteiger charge is -2.23. The quantitative estimate of drug-likeness (QED) is 0.304. The summed E-state index contributed by atoms with van der Waals surface area (Å²) >= 11 is 0. The lowest BCUT2D eigenvalue weighted by Crippen LogP contribution is -2.13. The van der Waals surface area contributed by atoms with Crippen LogP contribution in [0, 0.1) is 26.7 Å². The smallest absolute Gasteiger partial charge is 0.00227 e. The van der Waals surface area contributed by atoms with Gasteiger partial charge in [-0.05, 0) is 119 Å². The van der Waals surface area contributed by atoms with Crippen molar-refractivity contribution in [1.82, 2.24) is 0 Å². The summed E-state index contributed by atoms with van der Waals surface area (Å²) in [5, 5.41) is 0. The molecule has 5 rings (SSSR count). The summed E-state index contributed by atoms with van der Waals surface area (Å²) in [6.07, 6.45) is 23.9. The van der Waals surface area contributed by atoms with Gasteiger partial charge in [0.2, 0.25) is 0 Å². The minimum atomic E-state index is 0.170. The molecule has 0 saturated heterocycles. The van der Waals surface area contributed by atoms with E-state index in [-0.39, 0.29) is 5.41 Å². The minimum Gasteiger partial charge on any atom is -0.124 e. The Morgan fingerprint density at radius 1 is 0.821 bits per heavy atom. The predicted molar refractivity (Wildman–Crippen MR) is 174 cm³/mol. The van der Waals surface area contributed by atoms with Gasteiger partial charge >= 0.3 is 0 Å². The fourth-order valence-electron chi connectivity index (χ4n) is 5.50. The van der Waals surface area contributed by atoms with E-state index < -0.39 is 0 Å². The van der Waals surface area contributed by atoms with E-state index in [1.54, 1.807) is 0 Å². The first-order valence-electron chi connectivity index (χ1n) is 14.4. The maximum Gasteiger partial charge on any atom is -0.00227 e. The van der Waals surface area contributed by atoms with Gasteiger partial charge in [-0.2, -0.15) is 0 Å². The average molecular weight is 515 g/mol. The second-order valence-corrected chi connectivity index (χ2v) is 11.7. The molecule has 202 valence electrons. The monoisotopic (exact) mass is 514 g/mol. The zero-order chi connectivity index (χ0) is 28.6. The van der Waals surface area contributed by atoms with Crippen LogP contribution in [-0.2, 0) is 31.1 Å². The number of fused-ring (bicyclic) bond motifs is 2. The van der Waals surface area contributed by atoms with Crippen molar-refractivity contribution in [3.8, 4) is 12.8 Å². The Balaban J connectivity index is 0.000000250. The van der Waals surface area contributed by atoms with E-state index in [4.69, 9.17) is 0 Å². The van der Waals surface area contributed by atoms with Crippen LogP contribution in [0.15, 0.2) is 67.3 Å². The lowest BCUT2D eigenvalue weighted by molar-refractivity contribution is 0.588. The van der Waals surface area contributed by atoms with E-state index in [0.29, 0.717) is 0 Å². The highest BCUT2D eigenvalue weighted by atomic mass is 14.2. The second kappa shape index (κ2) is 13.5. The van der Waals surface area contributed by atoms with Gasteiger partial charge in [0.25, 0.3) is 0 Å². The third-order valence-electron chi connectivity index (χ3n) is 8.02. The number of allylic oxidation sites excluding steroid dienone is 3. The third kappa shape index (κ3) is 7.30. The maximum absolute atomic E-state index is 4.46. The molecule has 0 unspecified atom stereocenters. The van der Waals surface area contributed by atoms with Crippen LogP contribution in [0.2, 0.25) is 0 Å². The van der Waals surface area contributed by atoms with Crippen LogP contribution in [0.3, 0.4) is 0 Å². The van der Waals surface area contributed by atoms with Crippen molar-refractivity contribution in [2.75, 3.05) is 0 Å². The van der Waals surface area contributed by atoms with Crippen molar-refractivity contribution in [1.29, 1.82) is 0 Å². The molecule has 3 aromatic carbocycles. The molecule has 0 N–H and O–H groups in total. The van der Waals surface area contributed by atoms with Crippen molar-refractivity contribution in [2.45, 2.75) is 85.5 Å². The van der Waals surface area contributed by atoms with Crippen LogP contribution < -0.4 is 0 Å². The van der Waals surface area contributed by atoms with Crippen molar-refractivity contribution >= 4 is 17.7 Å². The first kappa shape index (κ1) is 30.0. The van der Waals surface area contributed by atoms with E-state index in [1.165, 1.54) is 74.0 Å². The fourth-order valence-corrected chi connectivity index (χ4v) is 5.50. The van der Waals surface area contributed by atoms with E-state index in [0.717, 1.165) is 25.7 Å². The van der Waals surface area contributed by atoms with Crippen LogP contribution in [0.1, 0.15) is 96.2 Å². The number of hydrogen-bond acceptors (Lipinski definition) is 0. The summed E-state index contributed by atoms with van der Waals surface area (Å²) in [5.41, 5.74) is 15.6. The molecule has 0 amide bonds. The Bertz CT molecular complexity index is 1380. The molecular weight excluding hydrogens is 468 g/mol. The fraction of sp³-hybridized carbons (Fsp3) is 0.333. The lowest BCUT2D eigenvalue weighted by atomic mass is 9.82. The maximum atomic E-state index is 4.46. The van der Waals surface area contributed by atoms with Crippen LogP contribution in [0.5, 0.6) is 0 Å². The Morgan fingerprint density at radius 2 is 1.41 bits per heavy atom. The van der Waals surface area contributed by atoms with E-state index >= 15 is 0 Å². The molecule has 0 heterocycles. The summed E-state index contributed by atoms with van der Waals surface area (Å²) in [5.74, 6) is 0. The molecule has 3 aromatic rings. The first-order valence-corrected chi connectivity index (χ1v) is 14.4. The third-order valence-corrected chi connectivity index (χ3v) is 8.02. The molecule has 2 aliphatic rings. The van der Waals surface area contributed by atoms with Crippen molar-refractivity contribution in [3.63, 3.8) is 0 Å². The van der Waals surface area contributed by atoms with Gasteiger partial charge < -0.3 is 0 Å². The summed E-state index contributed by atoms with van der Waals surface area (Å²) in [4.78, 5) is 0. The van der Waals surface area contributed by atoms with Gasteiger partial charge in [-0.25, -0.2) is 0 Å². The summed E-state index contributed by atoms with van der Waals surface area (Å²) in [6, 6.07) is 18.1. The number of aryl methyl sites for hydroxylation is 4. The van der Waals surface area contributed by atoms with Crippen molar-refractivity contribution in [2.24, 2.45) is 0 Å². The average Bonchev–Trinajstić information content (AvgIpc) is 2.95. The molecule has 0 spiro atoms. The van der Waals surface area contributed by atoms with E-state index in [1.807, 2.05) is 0 Å². The van der Waals surface area contributed by atoms with Gasteiger partial charge in [-0.3, -0.25) is 0 Å². The molecular formula is C39H46. The number of hydrogen-bond donors (Lipinski definition) is 0. The van der Waals surface area contributed by atoms with Gasteiger partial charge in [0.1, 0.15) is 0 Å². The Morgan fingerprint density at radius 3 is 2.03 bits per heavy atom. The van der Waals surface area contributed by atoms with Crippen LogP contribution in [0.25, 0.3) is 17.7 Å². The van der Waals surface area contributed by atoms with Crippen LogP contribution in [0.4, 0.5) is 0 Å². The zero-order valence-corrected chi connectivity index (χ0v) is 25.0. The molecule has 0 heteroatoms. The molecule has 0 bridgehead atoms. The molecule has 0 fully saturated rings. The molecule has 39 heavy (non-hydrogen) atoms. The van der Waals surface area contributed by atoms with Crippen LogP contribution >= 0.6 is 0 Å². The largest absolute Gasteiger partial charge is 0.124 e. The topological polar surface area (TPSA) is 0 Å². The molecule has 0 atom stereocenters. The number of rotatable bonds is 4. The molecule has 0 saturated carbocycles. The summed E-state index contributed by atoms with van der Waals surface area (Å²) in [6.45, 7) is 18.0. The highest BCUT2D eigenvalue weighted by Gasteiger charge is 2.18. The Hall–Kier alpha value is -3.56. The van der Waals surface area contributed by atoms with Crippen molar-refractivity contribution in [3.05, 3.63) is 123 Å². The molecule has 2 aliphatic carbocycles. The molecule has 0 nitrogen and oxygen atoms in total. The molecule has 0 radical (unpaired) electrons. The standard InChI is InChI=1S/C25H30.C12H14.C2H2/c1-17-15-22(25(4,5)6)16-21(19(17)3)14-18(2)23-13-9-11-20-10-7-8-12-24(20)23;1-2-10-7-5-8-11-6-3-4-9-12(10)11;1-2/h8-9,11-13,15-16H,2,7,10,14H2,1,3-6H3;4-5,7-9H,2-3,6H2,1H3;1-2H. The summed E-state index contributed by atoms with van der Waals surface area (Å²) < 4.78 is 0. The molecule has 0 aromatic heterocycles. The van der Waals surface area contributed by atoms with Gasteiger partial charge in [-0.15, -0.1) is 12.8 Å². The molecule has 0 aliphatic heterocycles. The van der Waals surface area contributed by atoms with E-state index in [9.17, 15) is 0 Å². The predicted octanol–water partition coefficient (Wildman–Crippen LogP) is 10.3. The van der Waals surface area contributed by atoms with Gasteiger partial charge in [-0.1, -0.05) is 107 Å².